The van der Waals surface area contributed by atoms with Crippen molar-refractivity contribution in [2.75, 3.05) is 0 Å². The van der Waals surface area contributed by atoms with Gasteiger partial charge in [-0.3, -0.25) is 0 Å². The van der Waals surface area contributed by atoms with E-state index >= 15 is 0 Å². The first-order chi connectivity index (χ1) is 2.50. The molecule has 0 radical (unpaired) electrons. The van der Waals surface area contributed by atoms with Gasteiger partial charge in [-0.25, -0.2) is 12.1 Å². The average molecular weight is 117 g/mol. The first-order valence-corrected chi connectivity index (χ1v) is 1.67. The molecular formula is C5H5Cr+. The van der Waals surface area contributed by atoms with Gasteiger partial charge in [0.05, 0.1) is 0 Å². The van der Waals surface area contributed by atoms with E-state index in [4.69, 9.17) is 0 Å². The minimum Gasteiger partial charge on any atom is -0.214 e. The minimum absolute atomic E-state index is 0. The summed E-state index contributed by atoms with van der Waals surface area (Å²) in [7, 11) is 0. The van der Waals surface area contributed by atoms with Crippen LogP contribution in [0.4, 0.5) is 0 Å². The molecule has 0 saturated heterocycles. The molecule has 1 rings (SSSR count). The molecule has 0 heterocycles. The summed E-state index contributed by atoms with van der Waals surface area (Å²) in [5.41, 5.74) is 0. The largest absolute Gasteiger partial charge is 2.00 e. The van der Waals surface area contributed by atoms with Crippen LogP contribution < -0.4 is 0 Å². The van der Waals surface area contributed by atoms with Crippen LogP contribution in [-0.2, 0) is 17.4 Å². The van der Waals surface area contributed by atoms with Crippen molar-refractivity contribution in [1.29, 1.82) is 0 Å². The smallest absolute Gasteiger partial charge is 0.214 e. The molecule has 0 nitrogen and oxygen atoms in total. The van der Waals surface area contributed by atoms with Gasteiger partial charge in [-0.15, -0.1) is 0 Å². The first kappa shape index (κ1) is 5.88. The summed E-state index contributed by atoms with van der Waals surface area (Å²) in [6, 6.07) is 10.0. The molecule has 0 fully saturated rings. The van der Waals surface area contributed by atoms with Crippen LogP contribution in [0.2, 0.25) is 0 Å². The second-order valence-corrected chi connectivity index (χ2v) is 0.962. The van der Waals surface area contributed by atoms with Crippen LogP contribution in [0.5, 0.6) is 0 Å². The zero-order chi connectivity index (χ0) is 3.54. The van der Waals surface area contributed by atoms with Crippen LogP contribution in [0.25, 0.3) is 0 Å². The van der Waals surface area contributed by atoms with Crippen molar-refractivity contribution in [2.24, 2.45) is 0 Å². The Hall–Kier alpha value is -0.118. The van der Waals surface area contributed by atoms with Gasteiger partial charge in [0.1, 0.15) is 0 Å². The number of rotatable bonds is 0. The van der Waals surface area contributed by atoms with Crippen molar-refractivity contribution in [3.05, 3.63) is 30.3 Å². The predicted octanol–water partition coefficient (Wildman–Crippen LogP) is 1.40. The molecule has 0 amide bonds. The molecule has 6 heavy (non-hydrogen) atoms. The van der Waals surface area contributed by atoms with Crippen LogP contribution in [0, 0.1) is 0 Å². The third-order valence-corrected chi connectivity index (χ3v) is 0.556. The van der Waals surface area contributed by atoms with E-state index in [0.29, 0.717) is 0 Å². The molecule has 30 valence electrons. The predicted molar refractivity (Wildman–Crippen MR) is 22.0 cm³/mol. The third kappa shape index (κ3) is 1.35. The summed E-state index contributed by atoms with van der Waals surface area (Å²) >= 11 is 0. The Labute approximate surface area is 48.3 Å². The van der Waals surface area contributed by atoms with Gasteiger partial charge in [0, 0.05) is 0 Å². The topological polar surface area (TPSA) is 0 Å². The third-order valence-electron chi connectivity index (χ3n) is 0.556. The van der Waals surface area contributed by atoms with Crippen molar-refractivity contribution in [3.8, 4) is 0 Å². The number of hydrogen-bond acceptors (Lipinski definition) is 0. The maximum Gasteiger partial charge on any atom is 2.00 e. The molecule has 0 aliphatic heterocycles. The Balaban J connectivity index is 0.000000250. The fraction of sp³-hybridized carbons (Fsp3) is 0. The van der Waals surface area contributed by atoms with E-state index in [-0.39, 0.29) is 17.4 Å². The second kappa shape index (κ2) is 3.09. The molecule has 0 N–H and O–H groups in total. The van der Waals surface area contributed by atoms with Crippen molar-refractivity contribution >= 4 is 0 Å². The van der Waals surface area contributed by atoms with Crippen molar-refractivity contribution in [2.45, 2.75) is 0 Å². The van der Waals surface area contributed by atoms with E-state index in [1.54, 1.807) is 0 Å². The van der Waals surface area contributed by atoms with E-state index in [0.717, 1.165) is 0 Å². The molecule has 0 bridgehead atoms. The van der Waals surface area contributed by atoms with E-state index in [1.807, 2.05) is 30.3 Å². The molecule has 0 spiro atoms. The molecule has 0 unspecified atom stereocenters. The standard InChI is InChI=1S/C5H5.Cr/c1-2-4-5-3-1;/h1-5H;/q-1;+2. The minimum atomic E-state index is 0. The summed E-state index contributed by atoms with van der Waals surface area (Å²) in [6.07, 6.45) is 0. The fourth-order valence-corrected chi connectivity index (χ4v) is 0.321. The van der Waals surface area contributed by atoms with Gasteiger partial charge < -0.3 is 0 Å². The monoisotopic (exact) mass is 117 g/mol. The van der Waals surface area contributed by atoms with Crippen LogP contribution in [-0.4, -0.2) is 0 Å². The summed E-state index contributed by atoms with van der Waals surface area (Å²) in [4.78, 5) is 0. The number of hydrogen-bond donors (Lipinski definition) is 0. The van der Waals surface area contributed by atoms with Gasteiger partial charge in [-0.05, 0) is 0 Å². The molecule has 0 aromatic heterocycles. The Kier molecular flexibility index (Phi) is 3.03. The Morgan fingerprint density at radius 3 is 1.67 bits per heavy atom. The van der Waals surface area contributed by atoms with E-state index < -0.39 is 0 Å². The SMILES string of the molecule is [Cr+2].c1cc[cH-]c1. The van der Waals surface area contributed by atoms with Gasteiger partial charge in [-0.1, -0.05) is 0 Å². The molecule has 0 aliphatic rings. The van der Waals surface area contributed by atoms with E-state index in [1.165, 1.54) is 0 Å². The summed E-state index contributed by atoms with van der Waals surface area (Å²) < 4.78 is 0. The van der Waals surface area contributed by atoms with Crippen molar-refractivity contribution in [3.63, 3.8) is 0 Å². The second-order valence-electron chi connectivity index (χ2n) is 0.962. The quantitative estimate of drug-likeness (QED) is 0.450. The molecule has 1 aromatic carbocycles. The van der Waals surface area contributed by atoms with Gasteiger partial charge >= 0.3 is 17.4 Å². The maximum atomic E-state index is 2.00. The Bertz CT molecular complexity index is 60.4. The molecule has 1 aromatic rings. The summed E-state index contributed by atoms with van der Waals surface area (Å²) in [5, 5.41) is 0. The van der Waals surface area contributed by atoms with Gasteiger partial charge in [0.2, 0.25) is 0 Å². The molecular weight excluding hydrogens is 112 g/mol. The summed E-state index contributed by atoms with van der Waals surface area (Å²) in [5.74, 6) is 0. The van der Waals surface area contributed by atoms with Gasteiger partial charge in [-0.2, -0.15) is 18.2 Å². The van der Waals surface area contributed by atoms with Crippen LogP contribution >= 0.6 is 0 Å². The molecule has 0 atom stereocenters. The maximum absolute atomic E-state index is 2.00. The van der Waals surface area contributed by atoms with Crippen molar-refractivity contribution in [1.82, 2.24) is 0 Å². The van der Waals surface area contributed by atoms with Gasteiger partial charge in [0.15, 0.2) is 0 Å². The van der Waals surface area contributed by atoms with E-state index in [9.17, 15) is 0 Å². The van der Waals surface area contributed by atoms with Gasteiger partial charge in [0.25, 0.3) is 0 Å². The molecule has 0 saturated carbocycles. The zero-order valence-corrected chi connectivity index (χ0v) is 4.57. The average Bonchev–Trinajstić information content (AvgIpc) is 1.76. The Morgan fingerprint density at radius 2 is 1.50 bits per heavy atom. The van der Waals surface area contributed by atoms with Crippen LogP contribution in [0.1, 0.15) is 0 Å². The normalized spacial score (nSPS) is 6.67. The molecule has 0 aliphatic carbocycles. The van der Waals surface area contributed by atoms with Crippen LogP contribution in [0.15, 0.2) is 30.3 Å². The fourth-order valence-electron chi connectivity index (χ4n) is 0.321. The van der Waals surface area contributed by atoms with Crippen molar-refractivity contribution < 1.29 is 17.4 Å². The van der Waals surface area contributed by atoms with E-state index in [2.05, 4.69) is 0 Å². The first-order valence-electron chi connectivity index (χ1n) is 1.67. The summed E-state index contributed by atoms with van der Waals surface area (Å²) in [6.45, 7) is 0. The van der Waals surface area contributed by atoms with Crippen LogP contribution in [0.3, 0.4) is 0 Å². The Morgan fingerprint density at radius 1 is 1.00 bits per heavy atom. The zero-order valence-electron chi connectivity index (χ0n) is 3.29. The molecule has 1 heteroatoms.